The van der Waals surface area contributed by atoms with E-state index in [-0.39, 0.29) is 30.2 Å². The number of anilines is 1. The molecule has 2 amide bonds. The molecule has 0 bridgehead atoms. The zero-order valence-corrected chi connectivity index (χ0v) is 20.2. The number of amides is 2. The van der Waals surface area contributed by atoms with Gasteiger partial charge < -0.3 is 19.9 Å². The predicted octanol–water partition coefficient (Wildman–Crippen LogP) is 4.67. The first-order valence-electron chi connectivity index (χ1n) is 12.4. The van der Waals surface area contributed by atoms with Crippen molar-refractivity contribution >= 4 is 17.5 Å². The van der Waals surface area contributed by atoms with Crippen LogP contribution in [-0.4, -0.2) is 35.7 Å². The van der Waals surface area contributed by atoms with Gasteiger partial charge in [0.2, 0.25) is 12.0 Å². The third-order valence-electron chi connectivity index (χ3n) is 6.81. The van der Waals surface area contributed by atoms with E-state index in [1.807, 2.05) is 43.3 Å². The fraction of sp³-hybridized carbons (Fsp3) is 0.310. The van der Waals surface area contributed by atoms with Crippen LogP contribution in [0.4, 0.5) is 5.69 Å². The van der Waals surface area contributed by atoms with Gasteiger partial charge in [-0.3, -0.25) is 14.5 Å². The number of para-hydroxylation sites is 3. The predicted molar refractivity (Wildman–Crippen MR) is 136 cm³/mol. The molecule has 2 aliphatic rings. The maximum Gasteiger partial charge on any atom is 0.272 e. The standard InChI is InChI=1S/C29H30N2O5/c1-19-8-2-5-11-23(19)31(29(34)26-18-35-24-12-6-7-13-25(24)36-26)27(20-14-16-22(32)17-15-20)28(33)30-21-9-3-4-10-21/h2,5-8,11-17,21,26-27,32H,3-4,9-10,18H2,1H3,(H,30,33). The van der Waals surface area contributed by atoms with Crippen molar-refractivity contribution in [3.8, 4) is 17.2 Å². The van der Waals surface area contributed by atoms with Crippen LogP contribution >= 0.6 is 0 Å². The molecule has 1 heterocycles. The van der Waals surface area contributed by atoms with E-state index in [1.165, 1.54) is 17.0 Å². The molecule has 7 nitrogen and oxygen atoms in total. The summed E-state index contributed by atoms with van der Waals surface area (Å²) in [5, 5.41) is 13.1. The van der Waals surface area contributed by atoms with Crippen LogP contribution in [0.5, 0.6) is 17.2 Å². The zero-order valence-electron chi connectivity index (χ0n) is 20.2. The molecule has 2 N–H and O–H groups in total. The second kappa shape index (κ2) is 10.3. The number of hydrogen-bond acceptors (Lipinski definition) is 5. The van der Waals surface area contributed by atoms with Crippen molar-refractivity contribution in [3.05, 3.63) is 83.9 Å². The van der Waals surface area contributed by atoms with Crippen LogP contribution in [0.25, 0.3) is 0 Å². The molecule has 3 aromatic carbocycles. The van der Waals surface area contributed by atoms with Gasteiger partial charge in [-0.2, -0.15) is 0 Å². The van der Waals surface area contributed by atoms with Crippen molar-refractivity contribution in [3.63, 3.8) is 0 Å². The van der Waals surface area contributed by atoms with E-state index >= 15 is 0 Å². The van der Waals surface area contributed by atoms with Crippen molar-refractivity contribution in [1.29, 1.82) is 0 Å². The number of carbonyl (C=O) groups is 2. The molecule has 1 aliphatic carbocycles. The minimum atomic E-state index is -0.958. The summed E-state index contributed by atoms with van der Waals surface area (Å²) in [6, 6.07) is 20.2. The lowest BCUT2D eigenvalue weighted by Gasteiger charge is -2.36. The summed E-state index contributed by atoms with van der Waals surface area (Å²) in [5.74, 6) is 0.518. The van der Waals surface area contributed by atoms with E-state index in [9.17, 15) is 14.7 Å². The van der Waals surface area contributed by atoms with Crippen molar-refractivity contribution < 1.29 is 24.2 Å². The number of aryl methyl sites for hydroxylation is 1. The SMILES string of the molecule is Cc1ccccc1N(C(=O)C1COc2ccccc2O1)C(C(=O)NC1CCCC1)c1ccc(O)cc1. The van der Waals surface area contributed by atoms with Crippen LogP contribution < -0.4 is 19.7 Å². The molecule has 5 rings (SSSR count). The van der Waals surface area contributed by atoms with Crippen LogP contribution in [0, 0.1) is 6.92 Å². The molecule has 0 saturated heterocycles. The van der Waals surface area contributed by atoms with Crippen LogP contribution in [-0.2, 0) is 9.59 Å². The maximum atomic E-state index is 14.2. The van der Waals surface area contributed by atoms with E-state index in [1.54, 1.807) is 24.3 Å². The number of hydrogen-bond donors (Lipinski definition) is 2. The molecular weight excluding hydrogens is 456 g/mol. The van der Waals surface area contributed by atoms with Gasteiger partial charge in [-0.05, 0) is 61.2 Å². The largest absolute Gasteiger partial charge is 0.508 e. The molecule has 186 valence electrons. The summed E-state index contributed by atoms with van der Waals surface area (Å²) in [6.45, 7) is 1.94. The number of carbonyl (C=O) groups excluding carboxylic acids is 2. The third-order valence-corrected chi connectivity index (χ3v) is 6.81. The highest BCUT2D eigenvalue weighted by molar-refractivity contribution is 6.04. The normalized spacial score (nSPS) is 17.9. The number of ether oxygens (including phenoxy) is 2. The first-order valence-corrected chi connectivity index (χ1v) is 12.4. The first-order chi connectivity index (χ1) is 17.5. The van der Waals surface area contributed by atoms with Crippen LogP contribution in [0.3, 0.4) is 0 Å². The number of phenols is 1. The van der Waals surface area contributed by atoms with Gasteiger partial charge in [0, 0.05) is 11.7 Å². The molecule has 0 radical (unpaired) electrons. The van der Waals surface area contributed by atoms with E-state index in [0.717, 1.165) is 31.2 Å². The lowest BCUT2D eigenvalue weighted by molar-refractivity contribution is -0.132. The third kappa shape index (κ3) is 4.87. The van der Waals surface area contributed by atoms with Gasteiger partial charge in [-0.25, -0.2) is 0 Å². The Morgan fingerprint density at radius 3 is 2.33 bits per heavy atom. The van der Waals surface area contributed by atoms with Gasteiger partial charge in [-0.1, -0.05) is 55.3 Å². The Kier molecular flexibility index (Phi) is 6.80. The minimum absolute atomic E-state index is 0.0325. The number of nitrogens with one attached hydrogen (secondary N) is 1. The molecule has 1 saturated carbocycles. The Balaban J connectivity index is 1.56. The molecule has 0 spiro atoms. The van der Waals surface area contributed by atoms with E-state index in [2.05, 4.69) is 5.32 Å². The van der Waals surface area contributed by atoms with Crippen molar-refractivity contribution in [2.75, 3.05) is 11.5 Å². The van der Waals surface area contributed by atoms with Crippen LogP contribution in [0.2, 0.25) is 0 Å². The highest BCUT2D eigenvalue weighted by atomic mass is 16.6. The zero-order chi connectivity index (χ0) is 25.1. The highest BCUT2D eigenvalue weighted by Gasteiger charge is 2.40. The average molecular weight is 487 g/mol. The Morgan fingerprint density at radius 1 is 0.944 bits per heavy atom. The number of benzene rings is 3. The molecule has 7 heteroatoms. The molecule has 36 heavy (non-hydrogen) atoms. The molecule has 1 fully saturated rings. The van der Waals surface area contributed by atoms with Gasteiger partial charge in [0.25, 0.3) is 5.91 Å². The number of phenolic OH excluding ortho intramolecular Hbond substituents is 1. The first kappa shape index (κ1) is 23.7. The van der Waals surface area contributed by atoms with Gasteiger partial charge in [0.05, 0.1) is 0 Å². The Morgan fingerprint density at radius 2 is 1.61 bits per heavy atom. The fourth-order valence-corrected chi connectivity index (χ4v) is 4.94. The second-order valence-corrected chi connectivity index (χ2v) is 9.34. The van der Waals surface area contributed by atoms with Gasteiger partial charge in [0.1, 0.15) is 18.4 Å². The molecule has 2 atom stereocenters. The fourth-order valence-electron chi connectivity index (χ4n) is 4.94. The summed E-state index contributed by atoms with van der Waals surface area (Å²) in [4.78, 5) is 29.6. The van der Waals surface area contributed by atoms with Crippen LogP contribution in [0.15, 0.2) is 72.8 Å². The van der Waals surface area contributed by atoms with Crippen molar-refractivity contribution in [2.45, 2.75) is 50.8 Å². The number of nitrogens with zero attached hydrogens (tertiary/aromatic N) is 1. The second-order valence-electron chi connectivity index (χ2n) is 9.34. The summed E-state index contributed by atoms with van der Waals surface area (Å²) < 4.78 is 11.9. The average Bonchev–Trinajstić information content (AvgIpc) is 3.41. The summed E-state index contributed by atoms with van der Waals surface area (Å²) >= 11 is 0. The molecule has 2 unspecified atom stereocenters. The molecular formula is C29H30N2O5. The van der Waals surface area contributed by atoms with Gasteiger partial charge in [-0.15, -0.1) is 0 Å². The number of fused-ring (bicyclic) bond motifs is 1. The van der Waals surface area contributed by atoms with Crippen LogP contribution in [0.1, 0.15) is 42.9 Å². The number of rotatable bonds is 6. The van der Waals surface area contributed by atoms with E-state index < -0.39 is 12.1 Å². The van der Waals surface area contributed by atoms with E-state index in [4.69, 9.17) is 9.47 Å². The quantitative estimate of drug-likeness (QED) is 0.529. The minimum Gasteiger partial charge on any atom is -0.508 e. The molecule has 0 aromatic heterocycles. The van der Waals surface area contributed by atoms with Gasteiger partial charge >= 0.3 is 0 Å². The monoisotopic (exact) mass is 486 g/mol. The lowest BCUT2D eigenvalue weighted by Crippen LogP contribution is -2.52. The summed E-state index contributed by atoms with van der Waals surface area (Å²) in [7, 11) is 0. The van der Waals surface area contributed by atoms with Gasteiger partial charge in [0.15, 0.2) is 11.5 Å². The maximum absolute atomic E-state index is 14.2. The highest BCUT2D eigenvalue weighted by Crippen LogP contribution is 2.36. The number of aromatic hydroxyl groups is 1. The summed E-state index contributed by atoms with van der Waals surface area (Å²) in [6.07, 6.45) is 3.05. The topological polar surface area (TPSA) is 88.1 Å². The molecule has 1 aliphatic heterocycles. The van der Waals surface area contributed by atoms with E-state index in [0.29, 0.717) is 22.7 Å². The van der Waals surface area contributed by atoms with Crippen molar-refractivity contribution in [2.24, 2.45) is 0 Å². The smallest absolute Gasteiger partial charge is 0.272 e. The molecule has 3 aromatic rings. The van der Waals surface area contributed by atoms with Crippen molar-refractivity contribution in [1.82, 2.24) is 5.32 Å². The Hall–Kier alpha value is -4.00. The summed E-state index contributed by atoms with van der Waals surface area (Å²) in [5.41, 5.74) is 2.06. The Bertz CT molecular complexity index is 1240. The lowest BCUT2D eigenvalue weighted by atomic mass is 10.00. The Labute approximate surface area is 210 Å².